The molecule has 5 nitrogen and oxygen atoms in total. The van der Waals surface area contributed by atoms with Gasteiger partial charge in [0.1, 0.15) is 0 Å². The van der Waals surface area contributed by atoms with Crippen LogP contribution in [0.3, 0.4) is 0 Å². The predicted octanol–water partition coefficient (Wildman–Crippen LogP) is 2.36. The van der Waals surface area contributed by atoms with Crippen LogP contribution in [0, 0.1) is 6.92 Å². The zero-order valence-corrected chi connectivity index (χ0v) is 12.3. The van der Waals surface area contributed by atoms with E-state index in [0.29, 0.717) is 13.0 Å². The Morgan fingerprint density at radius 2 is 2.00 bits per heavy atom. The van der Waals surface area contributed by atoms with Gasteiger partial charge >= 0.3 is 5.97 Å². The molecule has 1 aromatic carbocycles. The molecule has 1 amide bonds. The lowest BCUT2D eigenvalue weighted by atomic mass is 10.1. The van der Waals surface area contributed by atoms with Crippen LogP contribution in [0.5, 0.6) is 0 Å². The van der Waals surface area contributed by atoms with Gasteiger partial charge < -0.3 is 15.0 Å². The van der Waals surface area contributed by atoms with E-state index < -0.39 is 5.97 Å². The SMILES string of the molecule is Cc1cc2cc(CNC(=O)CCCC(=O)O)ccc2n1C. The zero-order chi connectivity index (χ0) is 15.4. The number of nitrogens with zero attached hydrogens (tertiary/aromatic N) is 1. The van der Waals surface area contributed by atoms with Crippen molar-refractivity contribution >= 4 is 22.8 Å². The molecule has 0 saturated carbocycles. The highest BCUT2D eigenvalue weighted by Gasteiger charge is 2.06. The quantitative estimate of drug-likeness (QED) is 0.857. The molecule has 1 heterocycles. The van der Waals surface area contributed by atoms with Crippen LogP contribution in [-0.4, -0.2) is 21.6 Å². The van der Waals surface area contributed by atoms with E-state index in [1.165, 1.54) is 11.2 Å². The van der Waals surface area contributed by atoms with Crippen molar-refractivity contribution in [2.75, 3.05) is 0 Å². The van der Waals surface area contributed by atoms with Gasteiger partial charge in [-0.25, -0.2) is 0 Å². The van der Waals surface area contributed by atoms with E-state index in [1.54, 1.807) is 0 Å². The lowest BCUT2D eigenvalue weighted by molar-refractivity contribution is -0.137. The van der Waals surface area contributed by atoms with Crippen molar-refractivity contribution in [3.8, 4) is 0 Å². The van der Waals surface area contributed by atoms with Crippen LogP contribution in [0.25, 0.3) is 10.9 Å². The molecule has 0 aliphatic rings. The number of carboxylic acid groups (broad SMARTS) is 1. The second kappa shape index (κ2) is 6.43. The topological polar surface area (TPSA) is 71.3 Å². The summed E-state index contributed by atoms with van der Waals surface area (Å²) in [5, 5.41) is 12.5. The molecule has 0 saturated heterocycles. The lowest BCUT2D eigenvalue weighted by Crippen LogP contribution is -2.22. The number of aliphatic carboxylic acids is 1. The number of carbonyl (C=O) groups excluding carboxylic acids is 1. The summed E-state index contributed by atoms with van der Waals surface area (Å²) in [6.45, 7) is 2.53. The summed E-state index contributed by atoms with van der Waals surface area (Å²) in [6, 6.07) is 8.24. The van der Waals surface area contributed by atoms with Crippen molar-refractivity contribution in [3.63, 3.8) is 0 Å². The van der Waals surface area contributed by atoms with Crippen LogP contribution in [0.2, 0.25) is 0 Å². The number of carbonyl (C=O) groups is 2. The van der Waals surface area contributed by atoms with Crippen LogP contribution in [0.4, 0.5) is 0 Å². The first-order chi connectivity index (χ1) is 9.97. The Hall–Kier alpha value is -2.30. The highest BCUT2D eigenvalue weighted by Crippen LogP contribution is 2.19. The first kappa shape index (κ1) is 15.1. The predicted molar refractivity (Wildman–Crippen MR) is 81.0 cm³/mol. The largest absolute Gasteiger partial charge is 0.481 e. The zero-order valence-electron chi connectivity index (χ0n) is 12.3. The average molecular weight is 288 g/mol. The number of hydrogen-bond donors (Lipinski definition) is 2. The number of hydrogen-bond acceptors (Lipinski definition) is 2. The minimum Gasteiger partial charge on any atom is -0.481 e. The number of benzene rings is 1. The van der Waals surface area contributed by atoms with Gasteiger partial charge in [0.05, 0.1) is 0 Å². The number of nitrogens with one attached hydrogen (secondary N) is 1. The smallest absolute Gasteiger partial charge is 0.303 e. The fourth-order valence-corrected chi connectivity index (χ4v) is 2.34. The van der Waals surface area contributed by atoms with E-state index in [4.69, 9.17) is 5.11 Å². The van der Waals surface area contributed by atoms with Gasteiger partial charge in [0.2, 0.25) is 5.91 Å². The third-order valence-electron chi connectivity index (χ3n) is 3.63. The Labute approximate surface area is 123 Å². The number of amides is 1. The molecule has 2 N–H and O–H groups in total. The fraction of sp³-hybridized carbons (Fsp3) is 0.375. The molecular weight excluding hydrogens is 268 g/mol. The van der Waals surface area contributed by atoms with Gasteiger partial charge in [-0.3, -0.25) is 9.59 Å². The van der Waals surface area contributed by atoms with E-state index in [9.17, 15) is 9.59 Å². The number of aromatic nitrogens is 1. The molecule has 21 heavy (non-hydrogen) atoms. The maximum atomic E-state index is 11.6. The van der Waals surface area contributed by atoms with Crippen molar-refractivity contribution in [2.45, 2.75) is 32.7 Å². The third-order valence-corrected chi connectivity index (χ3v) is 3.63. The first-order valence-electron chi connectivity index (χ1n) is 7.01. The van der Waals surface area contributed by atoms with Crippen molar-refractivity contribution in [3.05, 3.63) is 35.5 Å². The summed E-state index contributed by atoms with van der Waals surface area (Å²) in [5.41, 5.74) is 3.41. The summed E-state index contributed by atoms with van der Waals surface area (Å²) in [6.07, 6.45) is 0.653. The Kier molecular flexibility index (Phi) is 4.62. The monoisotopic (exact) mass is 288 g/mol. The molecule has 0 fully saturated rings. The summed E-state index contributed by atoms with van der Waals surface area (Å²) >= 11 is 0. The Morgan fingerprint density at radius 3 is 2.71 bits per heavy atom. The van der Waals surface area contributed by atoms with Crippen LogP contribution < -0.4 is 5.32 Å². The van der Waals surface area contributed by atoms with Crippen LogP contribution in [-0.2, 0) is 23.2 Å². The van der Waals surface area contributed by atoms with E-state index in [0.717, 1.165) is 10.9 Å². The van der Waals surface area contributed by atoms with Gasteiger partial charge in [0, 0.05) is 43.0 Å². The highest BCUT2D eigenvalue weighted by molar-refractivity contribution is 5.82. The van der Waals surface area contributed by atoms with E-state index in [-0.39, 0.29) is 18.7 Å². The van der Waals surface area contributed by atoms with Crippen LogP contribution >= 0.6 is 0 Å². The summed E-state index contributed by atoms with van der Waals surface area (Å²) in [4.78, 5) is 22.0. The molecule has 2 rings (SSSR count). The van der Waals surface area contributed by atoms with E-state index in [2.05, 4.69) is 28.9 Å². The minimum absolute atomic E-state index is 0.0304. The molecule has 5 heteroatoms. The molecule has 0 aliphatic carbocycles. The first-order valence-corrected chi connectivity index (χ1v) is 7.01. The molecule has 0 radical (unpaired) electrons. The fourth-order valence-electron chi connectivity index (χ4n) is 2.34. The van der Waals surface area contributed by atoms with Gasteiger partial charge in [-0.05, 0) is 37.1 Å². The van der Waals surface area contributed by atoms with Gasteiger partial charge in [-0.2, -0.15) is 0 Å². The van der Waals surface area contributed by atoms with Crippen molar-refractivity contribution in [2.24, 2.45) is 7.05 Å². The summed E-state index contributed by atoms with van der Waals surface area (Å²) < 4.78 is 2.13. The standard InChI is InChI=1S/C16H20N2O3/c1-11-8-13-9-12(6-7-14(13)18(11)2)10-17-15(19)4-3-5-16(20)21/h6-9H,3-5,10H2,1-2H3,(H,17,19)(H,20,21). The molecule has 0 spiro atoms. The lowest BCUT2D eigenvalue weighted by Gasteiger charge is -2.06. The maximum absolute atomic E-state index is 11.6. The molecule has 0 aliphatic heterocycles. The second-order valence-electron chi connectivity index (χ2n) is 5.26. The molecule has 0 unspecified atom stereocenters. The van der Waals surface area contributed by atoms with Crippen LogP contribution in [0.15, 0.2) is 24.3 Å². The van der Waals surface area contributed by atoms with Gasteiger partial charge in [0.15, 0.2) is 0 Å². The second-order valence-corrected chi connectivity index (χ2v) is 5.26. The van der Waals surface area contributed by atoms with E-state index in [1.807, 2.05) is 19.2 Å². The number of rotatable bonds is 6. The Morgan fingerprint density at radius 1 is 1.24 bits per heavy atom. The molecule has 0 atom stereocenters. The third kappa shape index (κ3) is 3.84. The van der Waals surface area contributed by atoms with Crippen molar-refractivity contribution < 1.29 is 14.7 Å². The highest BCUT2D eigenvalue weighted by atomic mass is 16.4. The summed E-state index contributed by atoms with van der Waals surface area (Å²) in [7, 11) is 2.03. The molecule has 1 aromatic heterocycles. The van der Waals surface area contributed by atoms with Crippen molar-refractivity contribution in [1.82, 2.24) is 9.88 Å². The molecular formula is C16H20N2O3. The number of fused-ring (bicyclic) bond motifs is 1. The van der Waals surface area contributed by atoms with Crippen LogP contribution in [0.1, 0.15) is 30.5 Å². The average Bonchev–Trinajstić information content (AvgIpc) is 2.71. The molecule has 0 bridgehead atoms. The van der Waals surface area contributed by atoms with Gasteiger partial charge in [-0.15, -0.1) is 0 Å². The van der Waals surface area contributed by atoms with Crippen molar-refractivity contribution in [1.29, 1.82) is 0 Å². The minimum atomic E-state index is -0.868. The maximum Gasteiger partial charge on any atom is 0.303 e. The molecule has 2 aromatic rings. The Bertz CT molecular complexity index is 673. The number of carboxylic acids is 1. The van der Waals surface area contributed by atoms with Gasteiger partial charge in [-0.1, -0.05) is 6.07 Å². The normalized spacial score (nSPS) is 10.8. The molecule has 112 valence electrons. The number of aryl methyl sites for hydroxylation is 2. The van der Waals surface area contributed by atoms with Gasteiger partial charge in [0.25, 0.3) is 0 Å². The Balaban J connectivity index is 1.91. The summed E-state index contributed by atoms with van der Waals surface area (Å²) in [5.74, 6) is -0.978. The van der Waals surface area contributed by atoms with E-state index >= 15 is 0 Å².